The highest BCUT2D eigenvalue weighted by Gasteiger charge is 2.47. The van der Waals surface area contributed by atoms with Crippen LogP contribution in [0.25, 0.3) is 0 Å². The van der Waals surface area contributed by atoms with Gasteiger partial charge in [0, 0.05) is 43.0 Å². The minimum Gasteiger partial charge on any atom is -0.378 e. The second-order valence-electron chi connectivity index (χ2n) is 7.45. The van der Waals surface area contributed by atoms with Gasteiger partial charge in [-0.05, 0) is 39.2 Å². The quantitative estimate of drug-likeness (QED) is 0.633. The van der Waals surface area contributed by atoms with Gasteiger partial charge in [-0.1, -0.05) is 12.2 Å². The Morgan fingerprint density at radius 3 is 2.83 bits per heavy atom. The highest BCUT2D eigenvalue weighted by Crippen LogP contribution is 2.47. The molecule has 4 nitrogen and oxygen atoms in total. The zero-order valence-electron chi connectivity index (χ0n) is 14.2. The molecule has 0 aromatic carbocycles. The van der Waals surface area contributed by atoms with Crippen molar-refractivity contribution < 1.29 is 4.79 Å². The molecule has 0 spiro atoms. The first-order valence-electron chi connectivity index (χ1n) is 8.68. The molecule has 3 aliphatic rings. The standard InChI is InChI=1S/C18H28ClN3O/c1-4-5-14-13-12-16(20-15(13)6-7-18(14,2)19)17(23)22-10-8-21(3)9-11-22/h4,12-15,20H,1,5-11H2,2-3H3. The number of nitrogens with zero attached hydrogens (tertiary/aromatic N) is 2. The van der Waals surface area contributed by atoms with Crippen LogP contribution >= 0.6 is 11.6 Å². The third kappa shape index (κ3) is 3.29. The second-order valence-corrected chi connectivity index (χ2v) is 8.32. The molecule has 4 unspecified atom stereocenters. The third-order valence-corrected chi connectivity index (χ3v) is 6.26. The number of rotatable bonds is 3. The Labute approximate surface area is 144 Å². The van der Waals surface area contributed by atoms with E-state index in [0.717, 1.165) is 51.1 Å². The van der Waals surface area contributed by atoms with E-state index >= 15 is 0 Å². The Kier molecular flexibility index (Phi) is 4.75. The van der Waals surface area contributed by atoms with Gasteiger partial charge in [0.1, 0.15) is 0 Å². The van der Waals surface area contributed by atoms with Crippen molar-refractivity contribution in [3.8, 4) is 0 Å². The normalized spacial score (nSPS) is 37.8. The average molecular weight is 338 g/mol. The molecule has 1 saturated carbocycles. The number of amides is 1. The summed E-state index contributed by atoms with van der Waals surface area (Å²) in [6.45, 7) is 9.54. The van der Waals surface area contributed by atoms with Crippen LogP contribution < -0.4 is 5.32 Å². The largest absolute Gasteiger partial charge is 0.378 e. The molecule has 1 saturated heterocycles. The molecule has 0 radical (unpaired) electrons. The van der Waals surface area contributed by atoms with Gasteiger partial charge in [-0.2, -0.15) is 0 Å². The molecule has 3 rings (SSSR count). The zero-order valence-corrected chi connectivity index (χ0v) is 15.0. The summed E-state index contributed by atoms with van der Waals surface area (Å²) < 4.78 is 0. The lowest BCUT2D eigenvalue weighted by atomic mass is 9.69. The monoisotopic (exact) mass is 337 g/mol. The fourth-order valence-corrected chi connectivity index (χ4v) is 4.58. The summed E-state index contributed by atoms with van der Waals surface area (Å²) >= 11 is 6.77. The Balaban J connectivity index is 1.74. The maximum Gasteiger partial charge on any atom is 0.269 e. The summed E-state index contributed by atoms with van der Waals surface area (Å²) in [6.07, 6.45) is 7.01. The van der Waals surface area contributed by atoms with Crippen LogP contribution in [0.1, 0.15) is 26.2 Å². The lowest BCUT2D eigenvalue weighted by Gasteiger charge is -2.43. The van der Waals surface area contributed by atoms with Gasteiger partial charge in [-0.25, -0.2) is 0 Å². The van der Waals surface area contributed by atoms with E-state index < -0.39 is 0 Å². The third-order valence-electron chi connectivity index (χ3n) is 5.79. The summed E-state index contributed by atoms with van der Waals surface area (Å²) in [5.74, 6) is 0.822. The molecule has 0 aromatic heterocycles. The topological polar surface area (TPSA) is 35.6 Å². The van der Waals surface area contributed by atoms with E-state index in [2.05, 4.69) is 36.8 Å². The van der Waals surface area contributed by atoms with Crippen LogP contribution in [0.2, 0.25) is 0 Å². The number of allylic oxidation sites excluding steroid dienone is 1. The maximum atomic E-state index is 12.8. The number of halogens is 1. The van der Waals surface area contributed by atoms with Gasteiger partial charge in [0.2, 0.25) is 0 Å². The summed E-state index contributed by atoms with van der Waals surface area (Å²) in [5.41, 5.74) is 0.785. The maximum absolute atomic E-state index is 12.8. The van der Waals surface area contributed by atoms with Crippen LogP contribution in [-0.2, 0) is 4.79 Å². The van der Waals surface area contributed by atoms with E-state index in [4.69, 9.17) is 11.6 Å². The van der Waals surface area contributed by atoms with Crippen LogP contribution in [-0.4, -0.2) is 59.8 Å². The van der Waals surface area contributed by atoms with E-state index in [9.17, 15) is 4.79 Å². The number of hydrogen-bond acceptors (Lipinski definition) is 3. The van der Waals surface area contributed by atoms with Crippen molar-refractivity contribution in [2.24, 2.45) is 11.8 Å². The van der Waals surface area contributed by atoms with Crippen molar-refractivity contribution in [2.45, 2.75) is 37.1 Å². The van der Waals surface area contributed by atoms with Crippen molar-refractivity contribution in [2.75, 3.05) is 33.2 Å². The fraction of sp³-hybridized carbons (Fsp3) is 0.722. The molecule has 128 valence electrons. The minimum atomic E-state index is -0.208. The number of likely N-dealkylation sites (N-methyl/N-ethyl adjacent to an activating group) is 1. The lowest BCUT2D eigenvalue weighted by molar-refractivity contribution is -0.129. The predicted octanol–water partition coefficient (Wildman–Crippen LogP) is 2.22. The van der Waals surface area contributed by atoms with Gasteiger partial charge in [0.25, 0.3) is 5.91 Å². The number of hydrogen-bond donors (Lipinski definition) is 1. The molecule has 23 heavy (non-hydrogen) atoms. The van der Waals surface area contributed by atoms with E-state index in [1.54, 1.807) is 0 Å². The summed E-state index contributed by atoms with van der Waals surface area (Å²) in [5, 5.41) is 3.49. The lowest BCUT2D eigenvalue weighted by Crippen LogP contribution is -2.49. The first-order valence-corrected chi connectivity index (χ1v) is 9.06. The Bertz CT molecular complexity index is 508. The van der Waals surface area contributed by atoms with E-state index in [1.165, 1.54) is 0 Å². The molecular weight excluding hydrogens is 310 g/mol. The highest BCUT2D eigenvalue weighted by atomic mass is 35.5. The highest BCUT2D eigenvalue weighted by molar-refractivity contribution is 6.24. The SMILES string of the molecule is C=CCC1C2C=C(C(=O)N3CCN(C)CC3)NC2CCC1(C)Cl. The molecule has 2 aliphatic heterocycles. The summed E-state index contributed by atoms with van der Waals surface area (Å²) in [6, 6.07) is 0.346. The summed E-state index contributed by atoms with van der Waals surface area (Å²) in [7, 11) is 2.10. The molecule has 1 N–H and O–H groups in total. The van der Waals surface area contributed by atoms with E-state index in [-0.39, 0.29) is 10.8 Å². The van der Waals surface area contributed by atoms with Crippen LogP contribution in [0, 0.1) is 11.8 Å². The van der Waals surface area contributed by atoms with Crippen LogP contribution in [0.5, 0.6) is 0 Å². The second kappa shape index (κ2) is 6.48. The molecule has 4 atom stereocenters. The van der Waals surface area contributed by atoms with Crippen molar-refractivity contribution in [3.05, 3.63) is 24.4 Å². The molecule has 2 fully saturated rings. The van der Waals surface area contributed by atoms with Gasteiger partial charge in [-0.3, -0.25) is 4.79 Å². The van der Waals surface area contributed by atoms with Crippen molar-refractivity contribution in [1.82, 2.24) is 15.1 Å². The predicted molar refractivity (Wildman–Crippen MR) is 94.4 cm³/mol. The van der Waals surface area contributed by atoms with Crippen LogP contribution in [0.3, 0.4) is 0 Å². The van der Waals surface area contributed by atoms with Gasteiger partial charge in [0.15, 0.2) is 0 Å². The molecule has 5 heteroatoms. The van der Waals surface area contributed by atoms with E-state index in [0.29, 0.717) is 17.9 Å². The molecule has 1 amide bonds. The van der Waals surface area contributed by atoms with Crippen LogP contribution in [0.4, 0.5) is 0 Å². The summed E-state index contributed by atoms with van der Waals surface area (Å²) in [4.78, 5) is 16.8. The fourth-order valence-electron chi connectivity index (χ4n) is 4.23. The number of alkyl halides is 1. The molecule has 2 heterocycles. The van der Waals surface area contributed by atoms with Crippen LogP contribution in [0.15, 0.2) is 24.4 Å². The van der Waals surface area contributed by atoms with Gasteiger partial charge < -0.3 is 15.1 Å². The Morgan fingerprint density at radius 2 is 2.17 bits per heavy atom. The smallest absolute Gasteiger partial charge is 0.269 e. The molecular formula is C18H28ClN3O. The van der Waals surface area contributed by atoms with Crippen molar-refractivity contribution in [1.29, 1.82) is 0 Å². The zero-order chi connectivity index (χ0) is 16.6. The minimum absolute atomic E-state index is 0.154. The Hall–Kier alpha value is -1.00. The van der Waals surface area contributed by atoms with Crippen molar-refractivity contribution >= 4 is 17.5 Å². The van der Waals surface area contributed by atoms with Gasteiger partial charge >= 0.3 is 0 Å². The van der Waals surface area contributed by atoms with E-state index in [1.807, 2.05) is 11.0 Å². The molecule has 1 aliphatic carbocycles. The van der Waals surface area contributed by atoms with Gasteiger partial charge in [-0.15, -0.1) is 18.2 Å². The molecule has 0 aromatic rings. The first kappa shape index (κ1) is 16.8. The number of fused-ring (bicyclic) bond motifs is 1. The number of carbonyl (C=O) groups is 1. The Morgan fingerprint density at radius 1 is 1.48 bits per heavy atom. The number of piperazine rings is 1. The number of nitrogens with one attached hydrogen (secondary N) is 1. The average Bonchev–Trinajstić information content (AvgIpc) is 2.94. The molecule has 0 bridgehead atoms. The van der Waals surface area contributed by atoms with Gasteiger partial charge in [0.05, 0.1) is 5.70 Å². The number of carbonyl (C=O) groups excluding carboxylic acids is 1. The first-order chi connectivity index (χ1) is 10.9. The van der Waals surface area contributed by atoms with Crippen molar-refractivity contribution in [3.63, 3.8) is 0 Å².